The summed E-state index contributed by atoms with van der Waals surface area (Å²) >= 11 is 0. The van der Waals surface area contributed by atoms with E-state index in [1.807, 2.05) is 13.8 Å². The summed E-state index contributed by atoms with van der Waals surface area (Å²) in [5, 5.41) is 0. The Hall–Kier alpha value is -0.720. The van der Waals surface area contributed by atoms with Crippen molar-refractivity contribution in [2.45, 2.75) is 27.7 Å². The van der Waals surface area contributed by atoms with Gasteiger partial charge in [-0.1, -0.05) is 0 Å². The van der Waals surface area contributed by atoms with Crippen LogP contribution in [-0.4, -0.2) is 0 Å². The Morgan fingerprint density at radius 2 is 1.11 bits per heavy atom. The Labute approximate surface area is 55.7 Å². The summed E-state index contributed by atoms with van der Waals surface area (Å²) in [7, 11) is 0. The summed E-state index contributed by atoms with van der Waals surface area (Å²) in [6.07, 6.45) is 0. The number of hydrogen-bond donors (Lipinski definition) is 0. The lowest BCUT2D eigenvalue weighted by Gasteiger charge is -1.85. The number of hydrogen-bond acceptors (Lipinski definition) is 1. The monoisotopic (exact) mass is 124 g/mol. The highest BCUT2D eigenvalue weighted by Gasteiger charge is 2.04. The SMILES string of the molecule is Cc1oc(C)c(C)c1C. The molecule has 0 fully saturated rings. The molecule has 0 aliphatic rings. The van der Waals surface area contributed by atoms with Crippen molar-refractivity contribution in [1.29, 1.82) is 0 Å². The zero-order chi connectivity index (χ0) is 7.02. The second kappa shape index (κ2) is 1.90. The molecule has 9 heavy (non-hydrogen) atoms. The Morgan fingerprint density at radius 3 is 1.22 bits per heavy atom. The van der Waals surface area contributed by atoms with E-state index in [-0.39, 0.29) is 0 Å². The molecule has 1 aromatic rings. The molecule has 0 aromatic carbocycles. The van der Waals surface area contributed by atoms with E-state index in [4.69, 9.17) is 4.42 Å². The van der Waals surface area contributed by atoms with E-state index in [2.05, 4.69) is 13.8 Å². The maximum Gasteiger partial charge on any atom is 0.104 e. The molecular weight excluding hydrogens is 112 g/mol. The standard InChI is InChI=1S/C8H12O/c1-5-6(2)8(4)9-7(5)3/h1-4H3. The van der Waals surface area contributed by atoms with Crippen LogP contribution in [0, 0.1) is 27.7 Å². The second-order valence-corrected chi connectivity index (χ2v) is 2.46. The minimum absolute atomic E-state index is 1.05. The van der Waals surface area contributed by atoms with Gasteiger partial charge in [0.2, 0.25) is 0 Å². The summed E-state index contributed by atoms with van der Waals surface area (Å²) in [5.41, 5.74) is 2.57. The molecule has 50 valence electrons. The molecule has 0 saturated heterocycles. The van der Waals surface area contributed by atoms with Crippen LogP contribution < -0.4 is 0 Å². The van der Waals surface area contributed by atoms with Crippen molar-refractivity contribution >= 4 is 0 Å². The summed E-state index contributed by atoms with van der Waals surface area (Å²) < 4.78 is 5.34. The molecule has 0 unspecified atom stereocenters. The number of rotatable bonds is 0. The molecule has 1 heteroatoms. The summed E-state index contributed by atoms with van der Waals surface area (Å²) in [5.74, 6) is 2.09. The fourth-order valence-corrected chi connectivity index (χ4v) is 0.911. The Balaban J connectivity index is 3.29. The van der Waals surface area contributed by atoms with E-state index < -0.39 is 0 Å². The van der Waals surface area contributed by atoms with Crippen LogP contribution in [0.15, 0.2) is 4.42 Å². The second-order valence-electron chi connectivity index (χ2n) is 2.46. The third-order valence-electron chi connectivity index (χ3n) is 1.92. The quantitative estimate of drug-likeness (QED) is 0.518. The lowest BCUT2D eigenvalue weighted by Crippen LogP contribution is -1.73. The van der Waals surface area contributed by atoms with Crippen molar-refractivity contribution in [3.8, 4) is 0 Å². The van der Waals surface area contributed by atoms with E-state index in [1.165, 1.54) is 11.1 Å². The third-order valence-corrected chi connectivity index (χ3v) is 1.92. The molecule has 1 nitrogen and oxygen atoms in total. The fourth-order valence-electron chi connectivity index (χ4n) is 0.911. The maximum atomic E-state index is 5.34. The van der Waals surface area contributed by atoms with Gasteiger partial charge >= 0.3 is 0 Å². The van der Waals surface area contributed by atoms with Crippen molar-refractivity contribution in [3.05, 3.63) is 22.6 Å². The predicted molar refractivity (Wildman–Crippen MR) is 37.7 cm³/mol. The first kappa shape index (κ1) is 6.40. The Kier molecular flexibility index (Phi) is 1.35. The van der Waals surface area contributed by atoms with Crippen molar-refractivity contribution in [2.24, 2.45) is 0 Å². The zero-order valence-electron chi connectivity index (χ0n) is 6.41. The molecule has 0 bridgehead atoms. The smallest absolute Gasteiger partial charge is 0.104 e. The topological polar surface area (TPSA) is 13.1 Å². The summed E-state index contributed by atoms with van der Waals surface area (Å²) in [6, 6.07) is 0. The molecule has 0 N–H and O–H groups in total. The van der Waals surface area contributed by atoms with Crippen molar-refractivity contribution in [2.75, 3.05) is 0 Å². The van der Waals surface area contributed by atoms with E-state index in [1.54, 1.807) is 0 Å². The molecule has 0 aliphatic heterocycles. The van der Waals surface area contributed by atoms with Crippen LogP contribution in [0.3, 0.4) is 0 Å². The molecule has 1 rings (SSSR count). The first-order chi connectivity index (χ1) is 4.13. The molecule has 0 spiro atoms. The van der Waals surface area contributed by atoms with Crippen molar-refractivity contribution < 1.29 is 4.42 Å². The molecular formula is C8H12O. The van der Waals surface area contributed by atoms with Crippen LogP contribution in [-0.2, 0) is 0 Å². The van der Waals surface area contributed by atoms with Crippen LogP contribution in [0.2, 0.25) is 0 Å². The summed E-state index contributed by atoms with van der Waals surface area (Å²) in [6.45, 7) is 8.16. The molecule has 0 amide bonds. The van der Waals surface area contributed by atoms with Gasteiger partial charge in [0.05, 0.1) is 0 Å². The van der Waals surface area contributed by atoms with Gasteiger partial charge in [0.25, 0.3) is 0 Å². The lowest BCUT2D eigenvalue weighted by molar-refractivity contribution is 0.501. The average molecular weight is 124 g/mol. The average Bonchev–Trinajstić information content (AvgIpc) is 1.98. The third kappa shape index (κ3) is 0.869. The first-order valence-corrected chi connectivity index (χ1v) is 3.16. The molecule has 0 saturated carbocycles. The normalized spacial score (nSPS) is 10.2. The Morgan fingerprint density at radius 1 is 0.778 bits per heavy atom. The van der Waals surface area contributed by atoms with Gasteiger partial charge in [0, 0.05) is 0 Å². The molecule has 1 aromatic heterocycles. The van der Waals surface area contributed by atoms with Crippen LogP contribution in [0.5, 0.6) is 0 Å². The van der Waals surface area contributed by atoms with Crippen LogP contribution >= 0.6 is 0 Å². The molecule has 0 radical (unpaired) electrons. The zero-order valence-corrected chi connectivity index (χ0v) is 6.41. The van der Waals surface area contributed by atoms with Gasteiger partial charge in [0.1, 0.15) is 11.5 Å². The van der Waals surface area contributed by atoms with Crippen LogP contribution in [0.4, 0.5) is 0 Å². The van der Waals surface area contributed by atoms with Gasteiger partial charge in [-0.3, -0.25) is 0 Å². The minimum Gasteiger partial charge on any atom is -0.466 e. The van der Waals surface area contributed by atoms with E-state index in [0.717, 1.165) is 11.5 Å². The Bertz CT molecular complexity index is 198. The van der Waals surface area contributed by atoms with Gasteiger partial charge in [-0.15, -0.1) is 0 Å². The highest BCUT2D eigenvalue weighted by molar-refractivity contribution is 5.29. The number of furan rings is 1. The molecule has 0 aliphatic carbocycles. The first-order valence-electron chi connectivity index (χ1n) is 3.16. The fraction of sp³-hybridized carbons (Fsp3) is 0.500. The van der Waals surface area contributed by atoms with Crippen molar-refractivity contribution in [3.63, 3.8) is 0 Å². The van der Waals surface area contributed by atoms with E-state index in [0.29, 0.717) is 0 Å². The highest BCUT2D eigenvalue weighted by Crippen LogP contribution is 2.18. The largest absolute Gasteiger partial charge is 0.466 e. The van der Waals surface area contributed by atoms with E-state index >= 15 is 0 Å². The van der Waals surface area contributed by atoms with Crippen LogP contribution in [0.1, 0.15) is 22.6 Å². The van der Waals surface area contributed by atoms with Gasteiger partial charge in [-0.2, -0.15) is 0 Å². The predicted octanol–water partition coefficient (Wildman–Crippen LogP) is 2.51. The van der Waals surface area contributed by atoms with Crippen LogP contribution in [0.25, 0.3) is 0 Å². The highest BCUT2D eigenvalue weighted by atomic mass is 16.3. The van der Waals surface area contributed by atoms with Gasteiger partial charge < -0.3 is 4.42 Å². The minimum atomic E-state index is 1.05. The van der Waals surface area contributed by atoms with Gasteiger partial charge in [-0.05, 0) is 38.8 Å². The molecule has 0 atom stereocenters. The molecule has 1 heterocycles. The van der Waals surface area contributed by atoms with Crippen molar-refractivity contribution in [1.82, 2.24) is 0 Å². The van der Waals surface area contributed by atoms with E-state index in [9.17, 15) is 0 Å². The van der Waals surface area contributed by atoms with Gasteiger partial charge in [0.15, 0.2) is 0 Å². The summed E-state index contributed by atoms with van der Waals surface area (Å²) in [4.78, 5) is 0. The van der Waals surface area contributed by atoms with Gasteiger partial charge in [-0.25, -0.2) is 0 Å². The lowest BCUT2D eigenvalue weighted by atomic mass is 10.2. The maximum absolute atomic E-state index is 5.34. The number of aryl methyl sites for hydroxylation is 2.